The SMILES string of the molecule is C[C@H](OC(=O)[C@H](C)N1C(=O)[C@H]2CCCC[C@@H]2C1=O)C(=O)NC(=O)NC1CCCC1. The summed E-state index contributed by atoms with van der Waals surface area (Å²) in [6.45, 7) is 2.77. The van der Waals surface area contributed by atoms with Gasteiger partial charge in [-0.15, -0.1) is 0 Å². The average Bonchev–Trinajstić information content (AvgIpc) is 3.28. The Morgan fingerprint density at radius 3 is 2.00 bits per heavy atom. The van der Waals surface area contributed by atoms with Gasteiger partial charge >= 0.3 is 12.0 Å². The van der Waals surface area contributed by atoms with Crippen LogP contribution in [-0.2, 0) is 23.9 Å². The summed E-state index contributed by atoms with van der Waals surface area (Å²) in [4.78, 5) is 62.7. The van der Waals surface area contributed by atoms with Crippen LogP contribution in [0.15, 0.2) is 0 Å². The van der Waals surface area contributed by atoms with Gasteiger partial charge in [-0.05, 0) is 39.5 Å². The number of nitrogens with zero attached hydrogens (tertiary/aromatic N) is 1. The molecule has 1 saturated heterocycles. The van der Waals surface area contributed by atoms with Gasteiger partial charge in [0.05, 0.1) is 11.8 Å². The molecule has 3 aliphatic rings. The van der Waals surface area contributed by atoms with Crippen molar-refractivity contribution in [2.75, 3.05) is 0 Å². The Kier molecular flexibility index (Phi) is 6.54. The largest absolute Gasteiger partial charge is 0.451 e. The number of hydrogen-bond donors (Lipinski definition) is 2. The molecule has 5 amide bonds. The molecule has 4 atom stereocenters. The zero-order chi connectivity index (χ0) is 21.1. The van der Waals surface area contributed by atoms with Gasteiger partial charge < -0.3 is 10.1 Å². The van der Waals surface area contributed by atoms with E-state index in [2.05, 4.69) is 10.6 Å². The van der Waals surface area contributed by atoms with Gasteiger partial charge in [-0.3, -0.25) is 24.6 Å². The van der Waals surface area contributed by atoms with Crippen LogP contribution in [0.5, 0.6) is 0 Å². The van der Waals surface area contributed by atoms with E-state index in [0.717, 1.165) is 43.4 Å². The molecule has 0 radical (unpaired) electrons. The number of rotatable bonds is 5. The van der Waals surface area contributed by atoms with Gasteiger partial charge in [0, 0.05) is 6.04 Å². The van der Waals surface area contributed by atoms with Gasteiger partial charge in [-0.25, -0.2) is 9.59 Å². The van der Waals surface area contributed by atoms with Gasteiger partial charge in [0.1, 0.15) is 6.04 Å². The van der Waals surface area contributed by atoms with E-state index in [0.29, 0.717) is 12.8 Å². The van der Waals surface area contributed by atoms with Crippen LogP contribution in [0.4, 0.5) is 4.79 Å². The number of carbonyl (C=O) groups excluding carboxylic acids is 5. The number of esters is 1. The lowest BCUT2D eigenvalue weighted by molar-refractivity contribution is -0.163. The molecule has 3 fully saturated rings. The molecule has 0 bridgehead atoms. The number of ether oxygens (including phenoxy) is 1. The van der Waals surface area contributed by atoms with Crippen LogP contribution in [0, 0.1) is 11.8 Å². The Morgan fingerprint density at radius 2 is 1.45 bits per heavy atom. The molecule has 29 heavy (non-hydrogen) atoms. The molecule has 0 aromatic rings. The van der Waals surface area contributed by atoms with Crippen molar-refractivity contribution in [2.45, 2.75) is 83.4 Å². The summed E-state index contributed by atoms with van der Waals surface area (Å²) in [5, 5.41) is 4.88. The third kappa shape index (κ3) is 4.59. The molecule has 3 rings (SSSR count). The van der Waals surface area contributed by atoms with Crippen molar-refractivity contribution >= 4 is 29.7 Å². The molecule has 2 aliphatic carbocycles. The number of urea groups is 1. The summed E-state index contributed by atoms with van der Waals surface area (Å²) in [6, 6.07) is -1.67. The Balaban J connectivity index is 1.51. The quantitative estimate of drug-likeness (QED) is 0.522. The first kappa shape index (κ1) is 21.3. The van der Waals surface area contributed by atoms with Gasteiger partial charge in [0.25, 0.3) is 5.91 Å². The number of nitrogens with one attached hydrogen (secondary N) is 2. The van der Waals surface area contributed by atoms with Crippen molar-refractivity contribution < 1.29 is 28.7 Å². The molecule has 9 nitrogen and oxygen atoms in total. The van der Waals surface area contributed by atoms with E-state index in [1.54, 1.807) is 0 Å². The van der Waals surface area contributed by atoms with Gasteiger partial charge in [0.2, 0.25) is 11.8 Å². The fraction of sp³-hybridized carbons (Fsp3) is 0.750. The maximum absolute atomic E-state index is 12.6. The predicted molar refractivity (Wildman–Crippen MR) is 101 cm³/mol. The Hall–Kier alpha value is -2.45. The first-order chi connectivity index (χ1) is 13.8. The molecular weight excluding hydrogens is 378 g/mol. The average molecular weight is 407 g/mol. The maximum Gasteiger partial charge on any atom is 0.329 e. The Morgan fingerprint density at radius 1 is 0.931 bits per heavy atom. The van der Waals surface area contributed by atoms with Crippen LogP contribution >= 0.6 is 0 Å². The zero-order valence-corrected chi connectivity index (χ0v) is 16.9. The second-order valence-electron chi connectivity index (χ2n) is 8.24. The molecular formula is C20H29N3O6. The molecule has 2 N–H and O–H groups in total. The van der Waals surface area contributed by atoms with Crippen LogP contribution in [-0.4, -0.2) is 52.8 Å². The maximum atomic E-state index is 12.6. The topological polar surface area (TPSA) is 122 Å². The Labute approximate surface area is 169 Å². The highest BCUT2D eigenvalue weighted by Crippen LogP contribution is 2.38. The first-order valence-electron chi connectivity index (χ1n) is 10.5. The van der Waals surface area contributed by atoms with Crippen LogP contribution in [0.3, 0.4) is 0 Å². The van der Waals surface area contributed by atoms with Crippen LogP contribution in [0.25, 0.3) is 0 Å². The summed E-state index contributed by atoms with van der Waals surface area (Å²) < 4.78 is 5.13. The standard InChI is InChI=1S/C20H29N3O6/c1-11(23-17(25)14-9-5-6-10-15(14)18(23)26)19(27)29-12(2)16(24)22-20(28)21-13-7-3-4-8-13/h11-15H,3-10H2,1-2H3,(H2,21,22,24,28)/t11-,12-,14-,15-/m0/s1. The van der Waals surface area contributed by atoms with Crippen molar-refractivity contribution in [1.82, 2.24) is 15.5 Å². The summed E-state index contributed by atoms with van der Waals surface area (Å²) in [6.07, 6.45) is 5.72. The molecule has 0 aromatic heterocycles. The third-order valence-electron chi connectivity index (χ3n) is 6.19. The monoisotopic (exact) mass is 407 g/mol. The second-order valence-corrected chi connectivity index (χ2v) is 8.24. The van der Waals surface area contributed by atoms with Crippen molar-refractivity contribution in [3.63, 3.8) is 0 Å². The van der Waals surface area contributed by atoms with E-state index in [1.165, 1.54) is 13.8 Å². The third-order valence-corrected chi connectivity index (χ3v) is 6.19. The van der Waals surface area contributed by atoms with E-state index in [1.807, 2.05) is 0 Å². The van der Waals surface area contributed by atoms with Crippen molar-refractivity contribution in [3.05, 3.63) is 0 Å². The minimum atomic E-state index is -1.23. The highest BCUT2D eigenvalue weighted by molar-refractivity contribution is 6.08. The molecule has 0 aromatic carbocycles. The van der Waals surface area contributed by atoms with Gasteiger partial charge in [-0.1, -0.05) is 25.7 Å². The number of carbonyl (C=O) groups is 5. The Bertz CT molecular complexity index is 678. The predicted octanol–water partition coefficient (Wildman–Crippen LogP) is 1.25. The summed E-state index contributed by atoms with van der Waals surface area (Å²) in [5.74, 6) is -2.98. The van der Waals surface area contributed by atoms with Crippen molar-refractivity contribution in [2.24, 2.45) is 11.8 Å². The zero-order valence-electron chi connectivity index (χ0n) is 16.9. The molecule has 2 saturated carbocycles. The molecule has 0 unspecified atom stereocenters. The molecule has 1 aliphatic heterocycles. The lowest BCUT2D eigenvalue weighted by Gasteiger charge is -2.23. The molecule has 9 heteroatoms. The van der Waals surface area contributed by atoms with Crippen molar-refractivity contribution in [3.8, 4) is 0 Å². The highest BCUT2D eigenvalue weighted by Gasteiger charge is 2.51. The number of fused-ring (bicyclic) bond motifs is 1. The van der Waals surface area contributed by atoms with Gasteiger partial charge in [0.15, 0.2) is 6.10 Å². The first-order valence-corrected chi connectivity index (χ1v) is 10.5. The van der Waals surface area contributed by atoms with Crippen LogP contribution < -0.4 is 10.6 Å². The summed E-state index contributed by atoms with van der Waals surface area (Å²) >= 11 is 0. The summed E-state index contributed by atoms with van der Waals surface area (Å²) in [5.41, 5.74) is 0. The molecule has 1 heterocycles. The number of hydrogen-bond acceptors (Lipinski definition) is 6. The fourth-order valence-electron chi connectivity index (χ4n) is 4.51. The van der Waals surface area contributed by atoms with E-state index in [4.69, 9.17) is 4.74 Å². The minimum Gasteiger partial charge on any atom is -0.451 e. The van der Waals surface area contributed by atoms with E-state index in [9.17, 15) is 24.0 Å². The fourth-order valence-corrected chi connectivity index (χ4v) is 4.51. The lowest BCUT2D eigenvalue weighted by atomic mass is 9.81. The highest BCUT2D eigenvalue weighted by atomic mass is 16.5. The summed E-state index contributed by atoms with van der Waals surface area (Å²) in [7, 11) is 0. The van der Waals surface area contributed by atoms with Crippen LogP contribution in [0.2, 0.25) is 0 Å². The minimum absolute atomic E-state index is 0.0522. The van der Waals surface area contributed by atoms with E-state index >= 15 is 0 Å². The second kappa shape index (κ2) is 8.92. The number of amides is 5. The van der Waals surface area contributed by atoms with E-state index < -0.39 is 30.1 Å². The van der Waals surface area contributed by atoms with Crippen molar-refractivity contribution in [1.29, 1.82) is 0 Å². The normalized spacial score (nSPS) is 26.6. The van der Waals surface area contributed by atoms with Gasteiger partial charge in [-0.2, -0.15) is 0 Å². The molecule has 160 valence electrons. The number of imide groups is 2. The molecule has 0 spiro atoms. The number of likely N-dealkylation sites (tertiary alicyclic amines) is 1. The lowest BCUT2D eigenvalue weighted by Crippen LogP contribution is -2.49. The van der Waals surface area contributed by atoms with E-state index in [-0.39, 0.29) is 29.7 Å². The van der Waals surface area contributed by atoms with Crippen LogP contribution in [0.1, 0.15) is 65.2 Å². The smallest absolute Gasteiger partial charge is 0.329 e.